The largest absolute Gasteiger partial charge is 0.373 e. The van der Waals surface area contributed by atoms with Crippen LogP contribution in [-0.2, 0) is 10.2 Å². The van der Waals surface area contributed by atoms with Gasteiger partial charge in [0.2, 0.25) is 5.91 Å². The van der Waals surface area contributed by atoms with E-state index in [0.29, 0.717) is 35.1 Å². The van der Waals surface area contributed by atoms with E-state index < -0.39 is 6.03 Å². The van der Waals surface area contributed by atoms with Crippen LogP contribution in [0.5, 0.6) is 0 Å². The van der Waals surface area contributed by atoms with E-state index in [0.717, 1.165) is 16.8 Å². The number of aromatic nitrogens is 2. The van der Waals surface area contributed by atoms with Crippen molar-refractivity contribution in [1.29, 1.82) is 0 Å². The van der Waals surface area contributed by atoms with Crippen LogP contribution >= 0.6 is 0 Å². The predicted molar refractivity (Wildman–Crippen MR) is 146 cm³/mol. The number of nitrogens with zero attached hydrogens (tertiary/aromatic N) is 4. The predicted octanol–water partition coefficient (Wildman–Crippen LogP) is 4.39. The quantitative estimate of drug-likeness (QED) is 0.477. The molecule has 2 heterocycles. The maximum atomic E-state index is 13.1. The summed E-state index contributed by atoms with van der Waals surface area (Å²) in [6.45, 7) is 8.15. The Balaban J connectivity index is 1.51. The van der Waals surface area contributed by atoms with Crippen LogP contribution in [-0.4, -0.2) is 48.5 Å². The fourth-order valence-corrected chi connectivity index (χ4v) is 4.31. The molecule has 3 aromatic rings. The lowest BCUT2D eigenvalue weighted by Gasteiger charge is -2.19. The van der Waals surface area contributed by atoms with Gasteiger partial charge in [0.15, 0.2) is 0 Å². The van der Waals surface area contributed by atoms with Crippen LogP contribution in [0, 0.1) is 6.92 Å². The monoisotopic (exact) mass is 501 g/mol. The van der Waals surface area contributed by atoms with Crippen molar-refractivity contribution in [3.8, 4) is 0 Å². The van der Waals surface area contributed by atoms with Gasteiger partial charge in [-0.25, -0.2) is 14.8 Å². The number of benzene rings is 2. The SMILES string of the molecule is CNc1cc(N(C)C(=O)Nc2cc(C(=O)Nc3ccc4c(c3)C(C)(C)CN4C(C)=O)ccc2C)ncn1. The average molecular weight is 502 g/mol. The fraction of sp³-hybridized carbons (Fsp3) is 0.296. The highest BCUT2D eigenvalue weighted by molar-refractivity contribution is 6.07. The number of nitrogens with one attached hydrogen (secondary N) is 3. The number of carbonyl (C=O) groups excluding carboxylic acids is 3. The van der Waals surface area contributed by atoms with Crippen molar-refractivity contribution in [2.45, 2.75) is 33.1 Å². The van der Waals surface area contributed by atoms with Crippen molar-refractivity contribution in [2.24, 2.45) is 0 Å². The second-order valence-corrected chi connectivity index (χ2v) is 9.71. The van der Waals surface area contributed by atoms with Gasteiger partial charge in [0.05, 0.1) is 0 Å². The Morgan fingerprint density at radius 2 is 1.78 bits per heavy atom. The van der Waals surface area contributed by atoms with Gasteiger partial charge in [-0.15, -0.1) is 0 Å². The van der Waals surface area contributed by atoms with Crippen molar-refractivity contribution >= 4 is 46.5 Å². The van der Waals surface area contributed by atoms with E-state index in [1.54, 1.807) is 56.3 Å². The molecule has 192 valence electrons. The third kappa shape index (κ3) is 5.23. The van der Waals surface area contributed by atoms with Crippen molar-refractivity contribution in [1.82, 2.24) is 9.97 Å². The second kappa shape index (κ2) is 9.88. The highest BCUT2D eigenvalue weighted by Gasteiger charge is 2.37. The molecule has 1 aliphatic rings. The highest BCUT2D eigenvalue weighted by atomic mass is 16.2. The number of aryl methyl sites for hydroxylation is 1. The van der Waals surface area contributed by atoms with Gasteiger partial charge in [0.1, 0.15) is 18.0 Å². The lowest BCUT2D eigenvalue weighted by atomic mass is 9.87. The second-order valence-electron chi connectivity index (χ2n) is 9.71. The molecule has 0 spiro atoms. The molecule has 3 N–H and O–H groups in total. The topological polar surface area (TPSA) is 120 Å². The molecule has 2 aromatic carbocycles. The molecule has 1 aliphatic heterocycles. The van der Waals surface area contributed by atoms with Gasteiger partial charge in [-0.2, -0.15) is 0 Å². The zero-order chi connectivity index (χ0) is 26.9. The number of hydrogen-bond acceptors (Lipinski definition) is 6. The van der Waals surface area contributed by atoms with E-state index in [-0.39, 0.29) is 17.2 Å². The first-order valence-electron chi connectivity index (χ1n) is 11.9. The Hall–Kier alpha value is -4.47. The number of fused-ring (bicyclic) bond motifs is 1. The molecule has 37 heavy (non-hydrogen) atoms. The molecule has 0 fully saturated rings. The van der Waals surface area contributed by atoms with E-state index >= 15 is 0 Å². The summed E-state index contributed by atoms with van der Waals surface area (Å²) in [7, 11) is 3.34. The van der Waals surface area contributed by atoms with Crippen LogP contribution in [0.3, 0.4) is 0 Å². The molecule has 0 radical (unpaired) electrons. The Morgan fingerprint density at radius 1 is 1.03 bits per heavy atom. The summed E-state index contributed by atoms with van der Waals surface area (Å²) in [5, 5.41) is 8.71. The molecule has 0 atom stereocenters. The van der Waals surface area contributed by atoms with Gasteiger partial charge in [-0.1, -0.05) is 19.9 Å². The Bertz CT molecular complexity index is 1390. The third-order valence-electron chi connectivity index (χ3n) is 6.51. The Labute approximate surface area is 216 Å². The lowest BCUT2D eigenvalue weighted by molar-refractivity contribution is -0.116. The van der Waals surface area contributed by atoms with Crippen LogP contribution in [0.4, 0.5) is 33.5 Å². The maximum absolute atomic E-state index is 13.1. The summed E-state index contributed by atoms with van der Waals surface area (Å²) in [5.41, 5.74) is 4.00. The van der Waals surface area contributed by atoms with Crippen molar-refractivity contribution < 1.29 is 14.4 Å². The highest BCUT2D eigenvalue weighted by Crippen LogP contribution is 2.41. The lowest BCUT2D eigenvalue weighted by Crippen LogP contribution is -2.32. The summed E-state index contributed by atoms with van der Waals surface area (Å²) >= 11 is 0. The fourth-order valence-electron chi connectivity index (χ4n) is 4.31. The standard InChI is InChI=1S/C27H31N7O3/c1-16-7-8-18(11-21(16)32-26(37)33(6)24-13-23(28-5)29-15-30-24)25(36)31-19-9-10-22-20(12-19)27(3,4)14-34(22)17(2)35/h7-13,15H,14H2,1-6H3,(H,31,36)(H,32,37)(H,28,29,30). The number of anilines is 5. The molecule has 0 unspecified atom stereocenters. The summed E-state index contributed by atoms with van der Waals surface area (Å²) in [6.07, 6.45) is 1.37. The zero-order valence-corrected chi connectivity index (χ0v) is 21.8. The molecular weight excluding hydrogens is 470 g/mol. The number of urea groups is 1. The number of rotatable bonds is 5. The van der Waals surface area contributed by atoms with Gasteiger partial charge in [0.25, 0.3) is 5.91 Å². The van der Waals surface area contributed by atoms with Crippen molar-refractivity contribution in [2.75, 3.05) is 46.4 Å². The number of amides is 4. The molecule has 10 heteroatoms. The summed E-state index contributed by atoms with van der Waals surface area (Å²) < 4.78 is 0. The minimum atomic E-state index is -0.405. The van der Waals surface area contributed by atoms with Gasteiger partial charge in [0, 0.05) is 61.7 Å². The average Bonchev–Trinajstić information content (AvgIpc) is 3.15. The van der Waals surface area contributed by atoms with Crippen LogP contribution in [0.2, 0.25) is 0 Å². The van der Waals surface area contributed by atoms with E-state index in [9.17, 15) is 14.4 Å². The first-order chi connectivity index (χ1) is 17.5. The molecule has 4 amide bonds. The summed E-state index contributed by atoms with van der Waals surface area (Å²) in [6, 6.07) is 12.0. The van der Waals surface area contributed by atoms with Gasteiger partial charge < -0.3 is 20.9 Å². The van der Waals surface area contributed by atoms with Crippen molar-refractivity contribution in [3.05, 3.63) is 65.5 Å². The summed E-state index contributed by atoms with van der Waals surface area (Å²) in [5.74, 6) is 0.692. The molecule has 10 nitrogen and oxygen atoms in total. The van der Waals surface area contributed by atoms with E-state index in [1.807, 2.05) is 19.1 Å². The van der Waals surface area contributed by atoms with Crippen molar-refractivity contribution in [3.63, 3.8) is 0 Å². The first kappa shape index (κ1) is 25.6. The smallest absolute Gasteiger partial charge is 0.327 e. The normalized spacial score (nSPS) is 13.5. The minimum absolute atomic E-state index is 0.00864. The minimum Gasteiger partial charge on any atom is -0.373 e. The van der Waals surface area contributed by atoms with E-state index in [1.165, 1.54) is 11.2 Å². The molecular formula is C27H31N7O3. The first-order valence-corrected chi connectivity index (χ1v) is 11.9. The van der Waals surface area contributed by atoms with Crippen LogP contribution in [0.25, 0.3) is 0 Å². The Morgan fingerprint density at radius 3 is 2.49 bits per heavy atom. The molecule has 0 saturated heterocycles. The molecule has 0 aliphatic carbocycles. The van der Waals surface area contributed by atoms with E-state index in [2.05, 4.69) is 39.8 Å². The van der Waals surface area contributed by atoms with Gasteiger partial charge >= 0.3 is 6.03 Å². The molecule has 0 bridgehead atoms. The van der Waals surface area contributed by atoms with Crippen LogP contribution in [0.1, 0.15) is 42.3 Å². The van der Waals surface area contributed by atoms with Crippen LogP contribution in [0.15, 0.2) is 48.8 Å². The van der Waals surface area contributed by atoms with Gasteiger partial charge in [-0.05, 0) is 48.4 Å². The number of hydrogen-bond donors (Lipinski definition) is 3. The van der Waals surface area contributed by atoms with Crippen LogP contribution < -0.4 is 25.8 Å². The van der Waals surface area contributed by atoms with Gasteiger partial charge in [-0.3, -0.25) is 14.5 Å². The third-order valence-corrected chi connectivity index (χ3v) is 6.51. The van der Waals surface area contributed by atoms with E-state index in [4.69, 9.17) is 0 Å². The molecule has 0 saturated carbocycles. The molecule has 1 aromatic heterocycles. The summed E-state index contributed by atoms with van der Waals surface area (Å²) in [4.78, 5) is 49.4. The zero-order valence-electron chi connectivity index (χ0n) is 21.8. The number of carbonyl (C=O) groups is 3. The Kier molecular flexibility index (Phi) is 6.84. The maximum Gasteiger partial charge on any atom is 0.327 e. The molecule has 4 rings (SSSR count).